The number of thiazole rings is 1. The van der Waals surface area contributed by atoms with Crippen molar-refractivity contribution in [2.24, 2.45) is 0 Å². The summed E-state index contributed by atoms with van der Waals surface area (Å²) >= 11 is 1.10. The Bertz CT molecular complexity index is 1110. The minimum Gasteiger partial charge on any atom is -0.494 e. The number of nitrogens with zero attached hydrogens (tertiary/aromatic N) is 3. The van der Waals surface area contributed by atoms with Gasteiger partial charge in [-0.3, -0.25) is 20.2 Å². The molecule has 0 spiro atoms. The Morgan fingerprint density at radius 3 is 2.75 bits per heavy atom. The molecule has 0 atom stereocenters. The van der Waals surface area contributed by atoms with Crippen LogP contribution in [0.4, 0.5) is 10.8 Å². The number of amides is 1. The molecule has 1 aromatic heterocycles. The van der Waals surface area contributed by atoms with Gasteiger partial charge < -0.3 is 4.74 Å². The van der Waals surface area contributed by atoms with Crippen molar-refractivity contribution in [3.63, 3.8) is 0 Å². The molecule has 0 radical (unpaired) electrons. The number of benzene rings is 2. The van der Waals surface area contributed by atoms with Crippen LogP contribution in [0, 0.1) is 21.4 Å². The van der Waals surface area contributed by atoms with E-state index in [-0.39, 0.29) is 16.4 Å². The number of nitro benzene ring substituents is 1. The maximum atomic E-state index is 12.4. The van der Waals surface area contributed by atoms with Gasteiger partial charge in [0, 0.05) is 12.1 Å². The molecule has 28 heavy (non-hydrogen) atoms. The third kappa shape index (κ3) is 4.31. The number of fused-ring (bicyclic) bond motifs is 1. The summed E-state index contributed by atoms with van der Waals surface area (Å²) in [5.41, 5.74) is 1.06. The number of nitrogens with one attached hydrogen (secondary N) is 1. The van der Waals surface area contributed by atoms with E-state index in [1.165, 1.54) is 24.3 Å². The largest absolute Gasteiger partial charge is 0.494 e. The third-order valence-electron chi connectivity index (χ3n) is 3.67. The SMILES string of the molecule is CCOc1ccc(/C=C(\C#N)C(=O)Nc2nc3ccc([N+](=O)[O-])cc3s2)cc1. The van der Waals surface area contributed by atoms with Gasteiger partial charge in [-0.15, -0.1) is 0 Å². The van der Waals surface area contributed by atoms with Gasteiger partial charge in [0.1, 0.15) is 17.4 Å². The lowest BCUT2D eigenvalue weighted by molar-refractivity contribution is -0.384. The lowest BCUT2D eigenvalue weighted by Gasteiger charge is -2.03. The van der Waals surface area contributed by atoms with Crippen LogP contribution in [0.3, 0.4) is 0 Å². The van der Waals surface area contributed by atoms with E-state index in [0.717, 1.165) is 11.3 Å². The molecule has 2 aromatic carbocycles. The predicted octanol–water partition coefficient (Wildman–Crippen LogP) is 4.15. The van der Waals surface area contributed by atoms with Crippen LogP contribution in [0.25, 0.3) is 16.3 Å². The minimum absolute atomic E-state index is 0.0536. The maximum Gasteiger partial charge on any atom is 0.270 e. The van der Waals surface area contributed by atoms with Crippen LogP contribution in [0.1, 0.15) is 12.5 Å². The van der Waals surface area contributed by atoms with Gasteiger partial charge in [0.15, 0.2) is 5.13 Å². The summed E-state index contributed by atoms with van der Waals surface area (Å²) in [5, 5.41) is 23.0. The second-order valence-corrected chi connectivity index (χ2v) is 6.58. The van der Waals surface area contributed by atoms with Crippen molar-refractivity contribution in [3.8, 4) is 11.8 Å². The number of nitriles is 1. The molecule has 0 aliphatic rings. The molecule has 0 saturated heterocycles. The van der Waals surface area contributed by atoms with Crippen LogP contribution in [0.15, 0.2) is 48.0 Å². The number of carbonyl (C=O) groups excluding carboxylic acids is 1. The van der Waals surface area contributed by atoms with E-state index in [0.29, 0.717) is 28.1 Å². The molecule has 0 aliphatic heterocycles. The second kappa shape index (κ2) is 8.28. The fourth-order valence-electron chi connectivity index (χ4n) is 2.39. The summed E-state index contributed by atoms with van der Waals surface area (Å²) in [7, 11) is 0. The van der Waals surface area contributed by atoms with Crippen LogP contribution >= 0.6 is 11.3 Å². The Labute approximate surface area is 163 Å². The number of anilines is 1. The van der Waals surface area contributed by atoms with Crippen LogP contribution < -0.4 is 10.1 Å². The highest BCUT2D eigenvalue weighted by Crippen LogP contribution is 2.29. The van der Waals surface area contributed by atoms with Gasteiger partial charge in [-0.1, -0.05) is 23.5 Å². The van der Waals surface area contributed by atoms with Gasteiger partial charge >= 0.3 is 0 Å². The van der Waals surface area contributed by atoms with Gasteiger partial charge in [0.2, 0.25) is 0 Å². The fourth-order valence-corrected chi connectivity index (χ4v) is 3.28. The first-order valence-corrected chi connectivity index (χ1v) is 9.03. The molecule has 0 unspecified atom stereocenters. The molecular weight excluding hydrogens is 380 g/mol. The zero-order chi connectivity index (χ0) is 20.1. The fraction of sp³-hybridized carbons (Fsp3) is 0.105. The number of ether oxygens (including phenoxy) is 1. The van der Waals surface area contributed by atoms with E-state index < -0.39 is 10.8 Å². The smallest absolute Gasteiger partial charge is 0.270 e. The van der Waals surface area contributed by atoms with Crippen LogP contribution in [0.2, 0.25) is 0 Å². The number of hydrogen-bond acceptors (Lipinski definition) is 7. The standard InChI is InChI=1S/C19H14N4O4S/c1-2-27-15-6-3-12(4-7-15)9-13(11-20)18(24)22-19-21-16-8-5-14(23(25)26)10-17(16)28-19/h3-10H,2H2,1H3,(H,21,22,24)/b13-9+. The molecule has 0 bridgehead atoms. The molecule has 1 N–H and O–H groups in total. The minimum atomic E-state index is -0.607. The predicted molar refractivity (Wildman–Crippen MR) is 106 cm³/mol. The lowest BCUT2D eigenvalue weighted by Crippen LogP contribution is -2.13. The Morgan fingerprint density at radius 1 is 1.36 bits per heavy atom. The van der Waals surface area contributed by atoms with Crippen LogP contribution in [0.5, 0.6) is 5.75 Å². The lowest BCUT2D eigenvalue weighted by atomic mass is 10.1. The molecule has 8 nitrogen and oxygen atoms in total. The summed E-state index contributed by atoms with van der Waals surface area (Å²) in [4.78, 5) is 27.0. The summed E-state index contributed by atoms with van der Waals surface area (Å²) in [6.45, 7) is 2.43. The van der Waals surface area contributed by atoms with Crippen molar-refractivity contribution < 1.29 is 14.5 Å². The summed E-state index contributed by atoms with van der Waals surface area (Å²) in [5.74, 6) is 0.0936. The van der Waals surface area contributed by atoms with E-state index in [2.05, 4.69) is 10.3 Å². The van der Waals surface area contributed by atoms with E-state index in [1.807, 2.05) is 13.0 Å². The molecular formula is C19H14N4O4S. The van der Waals surface area contributed by atoms with E-state index in [1.54, 1.807) is 24.3 Å². The normalized spacial score (nSPS) is 11.1. The Morgan fingerprint density at radius 2 is 2.11 bits per heavy atom. The highest BCUT2D eigenvalue weighted by atomic mass is 32.1. The monoisotopic (exact) mass is 394 g/mol. The van der Waals surface area contributed by atoms with Gasteiger partial charge in [-0.05, 0) is 36.8 Å². The van der Waals surface area contributed by atoms with Gasteiger partial charge in [0.05, 0.1) is 21.7 Å². The van der Waals surface area contributed by atoms with Crippen molar-refractivity contribution in [3.05, 3.63) is 63.7 Å². The molecule has 3 rings (SSSR count). The Balaban J connectivity index is 1.79. The highest BCUT2D eigenvalue weighted by molar-refractivity contribution is 7.22. The molecule has 140 valence electrons. The van der Waals surface area contributed by atoms with Crippen molar-refractivity contribution in [2.45, 2.75) is 6.92 Å². The molecule has 9 heteroatoms. The average molecular weight is 394 g/mol. The zero-order valence-corrected chi connectivity index (χ0v) is 15.5. The van der Waals surface area contributed by atoms with Crippen LogP contribution in [-0.2, 0) is 4.79 Å². The molecule has 0 fully saturated rings. The number of non-ortho nitro benzene ring substituents is 1. The van der Waals surface area contributed by atoms with E-state index >= 15 is 0 Å². The highest BCUT2D eigenvalue weighted by Gasteiger charge is 2.14. The number of aromatic nitrogens is 1. The first-order chi connectivity index (χ1) is 13.5. The zero-order valence-electron chi connectivity index (χ0n) is 14.7. The van der Waals surface area contributed by atoms with Gasteiger partial charge in [-0.25, -0.2) is 4.98 Å². The summed E-state index contributed by atoms with van der Waals surface area (Å²) in [6.07, 6.45) is 1.46. The maximum absolute atomic E-state index is 12.4. The van der Waals surface area contributed by atoms with E-state index in [9.17, 15) is 20.2 Å². The molecule has 0 saturated carbocycles. The van der Waals surface area contributed by atoms with Gasteiger partial charge in [-0.2, -0.15) is 5.26 Å². The Kier molecular flexibility index (Phi) is 5.62. The first-order valence-electron chi connectivity index (χ1n) is 8.21. The Hall–Kier alpha value is -3.77. The van der Waals surface area contributed by atoms with Crippen molar-refractivity contribution in [1.82, 2.24) is 4.98 Å². The number of nitro groups is 1. The van der Waals surface area contributed by atoms with Crippen molar-refractivity contribution in [2.75, 3.05) is 11.9 Å². The molecule has 1 amide bonds. The number of rotatable bonds is 6. The third-order valence-corrected chi connectivity index (χ3v) is 4.60. The summed E-state index contributed by atoms with van der Waals surface area (Å²) < 4.78 is 5.92. The number of carbonyl (C=O) groups is 1. The van der Waals surface area contributed by atoms with E-state index in [4.69, 9.17) is 4.74 Å². The molecule has 3 aromatic rings. The summed E-state index contributed by atoms with van der Waals surface area (Å²) in [6, 6.07) is 13.1. The van der Waals surface area contributed by atoms with Crippen molar-refractivity contribution in [1.29, 1.82) is 5.26 Å². The first kappa shape index (κ1) is 19.0. The topological polar surface area (TPSA) is 118 Å². The second-order valence-electron chi connectivity index (χ2n) is 5.55. The average Bonchev–Trinajstić information content (AvgIpc) is 3.08. The van der Waals surface area contributed by atoms with Crippen molar-refractivity contribution >= 4 is 44.4 Å². The van der Waals surface area contributed by atoms with Crippen LogP contribution in [-0.4, -0.2) is 22.4 Å². The molecule has 1 heterocycles. The van der Waals surface area contributed by atoms with Gasteiger partial charge in [0.25, 0.3) is 11.6 Å². The number of hydrogen-bond donors (Lipinski definition) is 1. The molecule has 0 aliphatic carbocycles. The quantitative estimate of drug-likeness (QED) is 0.290.